The van der Waals surface area contributed by atoms with Gasteiger partial charge in [-0.3, -0.25) is 4.98 Å². The smallest absolute Gasteiger partial charge is 0.187 e. The lowest BCUT2D eigenvalue weighted by atomic mass is 10.1. The Labute approximate surface area is 86.8 Å². The average Bonchev–Trinajstić information content (AvgIpc) is 2.30. The first-order valence-corrected chi connectivity index (χ1v) is 4.39. The first kappa shape index (κ1) is 9.35. The van der Waals surface area contributed by atoms with Crippen LogP contribution in [0.25, 0.3) is 16.1 Å². The van der Waals surface area contributed by atoms with Crippen LogP contribution in [0.4, 0.5) is 10.1 Å². The lowest BCUT2D eigenvalue weighted by Crippen LogP contribution is -1.83. The predicted octanol–water partition coefficient (Wildman–Crippen LogP) is 3.44. The van der Waals surface area contributed by atoms with Crippen molar-refractivity contribution in [2.75, 3.05) is 0 Å². The molecule has 15 heavy (non-hydrogen) atoms. The van der Waals surface area contributed by atoms with E-state index in [0.29, 0.717) is 11.4 Å². The zero-order chi connectivity index (χ0) is 10.7. The van der Waals surface area contributed by atoms with Crippen molar-refractivity contribution in [3.05, 3.63) is 59.8 Å². The molecule has 0 bridgehead atoms. The molecule has 2 nitrogen and oxygen atoms in total. The molecule has 0 atom stereocenters. The van der Waals surface area contributed by atoms with Gasteiger partial charge in [-0.2, -0.15) is 0 Å². The number of hydrogen-bond donors (Lipinski definition) is 0. The number of rotatable bonds is 1. The van der Waals surface area contributed by atoms with Gasteiger partial charge in [0.2, 0.25) is 0 Å². The Bertz CT molecular complexity index is 495. The summed E-state index contributed by atoms with van der Waals surface area (Å²) in [7, 11) is 0. The summed E-state index contributed by atoms with van der Waals surface area (Å²) in [6.07, 6.45) is 1.18. The lowest BCUT2D eigenvalue weighted by molar-refractivity contribution is 0.622. The summed E-state index contributed by atoms with van der Waals surface area (Å²) >= 11 is 0. The quantitative estimate of drug-likeness (QED) is 0.641. The summed E-state index contributed by atoms with van der Waals surface area (Å²) in [4.78, 5) is 7.24. The molecule has 0 saturated heterocycles. The number of benzene rings is 1. The second-order valence-corrected chi connectivity index (χ2v) is 3.02. The van der Waals surface area contributed by atoms with E-state index in [4.69, 9.17) is 6.57 Å². The van der Waals surface area contributed by atoms with E-state index in [0.717, 1.165) is 5.56 Å². The van der Waals surface area contributed by atoms with Crippen LogP contribution in [0.1, 0.15) is 0 Å². The minimum absolute atomic E-state index is 0.350. The third-order valence-electron chi connectivity index (χ3n) is 2.02. The van der Waals surface area contributed by atoms with Gasteiger partial charge in [-0.05, 0) is 17.7 Å². The van der Waals surface area contributed by atoms with E-state index in [1.54, 1.807) is 30.3 Å². The van der Waals surface area contributed by atoms with E-state index >= 15 is 0 Å². The summed E-state index contributed by atoms with van der Waals surface area (Å²) in [5.41, 5.74) is 2.16. The van der Waals surface area contributed by atoms with Gasteiger partial charge in [-0.25, -0.2) is 9.24 Å². The molecule has 0 unspecified atom stereocenters. The fourth-order valence-electron chi connectivity index (χ4n) is 1.25. The third-order valence-corrected chi connectivity index (χ3v) is 2.02. The number of hydrogen-bond acceptors (Lipinski definition) is 1. The highest BCUT2D eigenvalue weighted by atomic mass is 19.1. The summed E-state index contributed by atoms with van der Waals surface area (Å²) < 4.78 is 12.6. The maximum atomic E-state index is 12.6. The maximum Gasteiger partial charge on any atom is 0.187 e. The number of nitrogens with zero attached hydrogens (tertiary/aromatic N) is 2. The largest absolute Gasteiger partial charge is 0.253 e. The van der Waals surface area contributed by atoms with E-state index in [9.17, 15) is 4.39 Å². The van der Waals surface area contributed by atoms with Crippen LogP contribution in [0.15, 0.2) is 42.6 Å². The Balaban J connectivity index is 2.38. The molecule has 0 saturated carbocycles. The molecular weight excluding hydrogens is 191 g/mol. The van der Waals surface area contributed by atoms with Crippen molar-refractivity contribution in [2.24, 2.45) is 0 Å². The molecule has 0 N–H and O–H groups in total. The van der Waals surface area contributed by atoms with Crippen LogP contribution in [0.2, 0.25) is 0 Å². The topological polar surface area (TPSA) is 17.2 Å². The van der Waals surface area contributed by atoms with Crippen molar-refractivity contribution in [1.82, 2.24) is 4.98 Å². The monoisotopic (exact) mass is 198 g/mol. The SMILES string of the molecule is [C-]#[N+]c1ccc(-c2ccc(F)cn2)cc1. The van der Waals surface area contributed by atoms with Gasteiger partial charge in [-0.1, -0.05) is 24.3 Å². The highest BCUT2D eigenvalue weighted by Crippen LogP contribution is 2.20. The van der Waals surface area contributed by atoms with Gasteiger partial charge in [-0.15, -0.1) is 0 Å². The Morgan fingerprint density at radius 1 is 1.07 bits per heavy atom. The summed E-state index contributed by atoms with van der Waals surface area (Å²) in [5.74, 6) is -0.350. The van der Waals surface area contributed by atoms with Gasteiger partial charge < -0.3 is 0 Å². The van der Waals surface area contributed by atoms with E-state index in [-0.39, 0.29) is 5.82 Å². The van der Waals surface area contributed by atoms with Crippen molar-refractivity contribution in [2.45, 2.75) is 0 Å². The Kier molecular flexibility index (Phi) is 2.42. The average molecular weight is 198 g/mol. The maximum absolute atomic E-state index is 12.6. The van der Waals surface area contributed by atoms with Crippen molar-refractivity contribution in [3.63, 3.8) is 0 Å². The number of halogens is 1. The zero-order valence-corrected chi connectivity index (χ0v) is 7.81. The third kappa shape index (κ3) is 2.00. The second kappa shape index (κ2) is 3.89. The van der Waals surface area contributed by atoms with Crippen LogP contribution in [0.5, 0.6) is 0 Å². The molecule has 2 aromatic rings. The summed E-state index contributed by atoms with van der Waals surface area (Å²) in [5, 5.41) is 0. The minimum Gasteiger partial charge on any atom is -0.253 e. The fourth-order valence-corrected chi connectivity index (χ4v) is 1.25. The highest BCUT2D eigenvalue weighted by Gasteiger charge is 1.99. The van der Waals surface area contributed by atoms with Gasteiger partial charge in [0.15, 0.2) is 5.69 Å². The zero-order valence-electron chi connectivity index (χ0n) is 7.81. The van der Waals surface area contributed by atoms with Crippen molar-refractivity contribution in [3.8, 4) is 11.3 Å². The molecular formula is C12H7FN2. The minimum atomic E-state index is -0.350. The lowest BCUT2D eigenvalue weighted by Gasteiger charge is -1.99. The van der Waals surface area contributed by atoms with Crippen LogP contribution in [0, 0.1) is 12.4 Å². The Morgan fingerprint density at radius 3 is 2.33 bits per heavy atom. The summed E-state index contributed by atoms with van der Waals surface area (Å²) in [6.45, 7) is 6.81. The standard InChI is InChI=1S/C12H7FN2/c1-14-11-5-2-9(3-6-11)12-7-4-10(13)8-15-12/h2-8H. The normalized spacial score (nSPS) is 9.60. The van der Waals surface area contributed by atoms with Crippen molar-refractivity contribution >= 4 is 5.69 Å². The molecule has 0 radical (unpaired) electrons. The fraction of sp³-hybridized carbons (Fsp3) is 0. The molecule has 72 valence electrons. The number of aromatic nitrogens is 1. The molecule has 0 aliphatic rings. The van der Waals surface area contributed by atoms with Crippen LogP contribution in [0.3, 0.4) is 0 Å². The van der Waals surface area contributed by atoms with Crippen LogP contribution >= 0.6 is 0 Å². The molecule has 1 heterocycles. The first-order chi connectivity index (χ1) is 7.29. The van der Waals surface area contributed by atoms with Crippen molar-refractivity contribution < 1.29 is 4.39 Å². The predicted molar refractivity (Wildman–Crippen MR) is 55.9 cm³/mol. The molecule has 2 rings (SSSR count). The van der Waals surface area contributed by atoms with E-state index in [2.05, 4.69) is 9.83 Å². The second-order valence-electron chi connectivity index (χ2n) is 3.02. The highest BCUT2D eigenvalue weighted by molar-refractivity contribution is 5.62. The molecule has 1 aromatic heterocycles. The summed E-state index contributed by atoms with van der Waals surface area (Å²) in [6, 6.07) is 10.0. The molecule has 0 aliphatic heterocycles. The van der Waals surface area contributed by atoms with Gasteiger partial charge >= 0.3 is 0 Å². The first-order valence-electron chi connectivity index (χ1n) is 4.39. The molecule has 1 aromatic carbocycles. The Hall–Kier alpha value is -2.21. The molecule has 3 heteroatoms. The van der Waals surface area contributed by atoms with E-state index < -0.39 is 0 Å². The molecule has 0 fully saturated rings. The van der Waals surface area contributed by atoms with Gasteiger partial charge in [0, 0.05) is 0 Å². The van der Waals surface area contributed by atoms with Crippen LogP contribution < -0.4 is 0 Å². The van der Waals surface area contributed by atoms with Gasteiger partial charge in [0.05, 0.1) is 18.5 Å². The van der Waals surface area contributed by atoms with E-state index in [1.807, 2.05) is 0 Å². The van der Waals surface area contributed by atoms with Crippen LogP contribution in [-0.2, 0) is 0 Å². The van der Waals surface area contributed by atoms with Gasteiger partial charge in [0.1, 0.15) is 5.82 Å². The molecule has 0 spiro atoms. The van der Waals surface area contributed by atoms with Crippen LogP contribution in [-0.4, -0.2) is 4.98 Å². The van der Waals surface area contributed by atoms with Gasteiger partial charge in [0.25, 0.3) is 0 Å². The van der Waals surface area contributed by atoms with Crippen molar-refractivity contribution in [1.29, 1.82) is 0 Å². The molecule has 0 amide bonds. The van der Waals surface area contributed by atoms with E-state index in [1.165, 1.54) is 12.3 Å². The number of pyridine rings is 1. The Morgan fingerprint density at radius 2 is 1.80 bits per heavy atom. The molecule has 0 aliphatic carbocycles.